The van der Waals surface area contributed by atoms with Crippen LogP contribution in [-0.2, 0) is 4.79 Å². The molecule has 0 bridgehead atoms. The number of carbonyl (C=O) groups excluding carboxylic acids is 1. The highest BCUT2D eigenvalue weighted by Gasteiger charge is 2.40. The first-order valence-electron chi connectivity index (χ1n) is 9.47. The Morgan fingerprint density at radius 1 is 1.32 bits per heavy atom. The van der Waals surface area contributed by atoms with Crippen molar-refractivity contribution in [1.29, 1.82) is 0 Å². The van der Waals surface area contributed by atoms with E-state index in [1.54, 1.807) is 12.1 Å². The third-order valence-electron chi connectivity index (χ3n) is 5.54. The number of nitrogens with one attached hydrogen (secondary N) is 1. The van der Waals surface area contributed by atoms with Crippen molar-refractivity contribution in [3.63, 3.8) is 0 Å². The number of hydrogen-bond acceptors (Lipinski definition) is 4. The Morgan fingerprint density at radius 2 is 2.04 bits per heavy atom. The van der Waals surface area contributed by atoms with Crippen LogP contribution in [0.1, 0.15) is 46.0 Å². The van der Waals surface area contributed by atoms with Crippen molar-refractivity contribution in [1.82, 2.24) is 4.90 Å². The molecule has 5 heteroatoms. The predicted molar refractivity (Wildman–Crippen MR) is 98.8 cm³/mol. The zero-order valence-electron chi connectivity index (χ0n) is 15.3. The molecule has 4 unspecified atom stereocenters. The fraction of sp³-hybridized carbons (Fsp3) is 0.650. The highest BCUT2D eigenvalue weighted by atomic mass is 16.5. The van der Waals surface area contributed by atoms with Crippen molar-refractivity contribution in [2.45, 2.75) is 64.1 Å². The molecular weight excluding hydrogens is 316 g/mol. The van der Waals surface area contributed by atoms with Crippen LogP contribution in [0.15, 0.2) is 24.3 Å². The molecule has 3 rings (SSSR count). The zero-order chi connectivity index (χ0) is 17.8. The first kappa shape index (κ1) is 18.2. The fourth-order valence-electron chi connectivity index (χ4n) is 4.44. The van der Waals surface area contributed by atoms with E-state index in [1.165, 1.54) is 39.0 Å². The number of fused-ring (bicyclic) bond motifs is 1. The third kappa shape index (κ3) is 4.73. The van der Waals surface area contributed by atoms with Crippen LogP contribution < -0.4 is 10.1 Å². The number of aliphatic hydroxyl groups is 1. The van der Waals surface area contributed by atoms with Crippen LogP contribution in [0.25, 0.3) is 0 Å². The minimum Gasteiger partial charge on any atom is -0.491 e. The zero-order valence-corrected chi connectivity index (χ0v) is 15.3. The van der Waals surface area contributed by atoms with Gasteiger partial charge in [-0.1, -0.05) is 12.8 Å². The van der Waals surface area contributed by atoms with Gasteiger partial charge in [-0.2, -0.15) is 0 Å². The number of ether oxygens (including phenoxy) is 1. The molecule has 1 aliphatic carbocycles. The van der Waals surface area contributed by atoms with Crippen molar-refractivity contribution >= 4 is 11.6 Å². The summed E-state index contributed by atoms with van der Waals surface area (Å²) in [7, 11) is 0. The van der Waals surface area contributed by atoms with E-state index in [-0.39, 0.29) is 5.91 Å². The predicted octanol–water partition coefficient (Wildman–Crippen LogP) is 3.04. The number of rotatable bonds is 6. The number of anilines is 1. The van der Waals surface area contributed by atoms with Gasteiger partial charge < -0.3 is 15.2 Å². The second-order valence-electron chi connectivity index (χ2n) is 7.56. The van der Waals surface area contributed by atoms with E-state index in [1.807, 2.05) is 12.1 Å². The lowest BCUT2D eigenvalue weighted by Gasteiger charge is -2.34. The van der Waals surface area contributed by atoms with E-state index in [4.69, 9.17) is 4.74 Å². The molecule has 138 valence electrons. The molecular formula is C20H30N2O3. The number of β-amino-alcohol motifs (C(OH)–C–C–N with tert-alkyl or cyclic N) is 1. The first-order chi connectivity index (χ1) is 12.0. The lowest BCUT2D eigenvalue weighted by Crippen LogP contribution is -2.43. The quantitative estimate of drug-likeness (QED) is 0.831. The molecule has 2 fully saturated rings. The highest BCUT2D eigenvalue weighted by molar-refractivity contribution is 5.88. The van der Waals surface area contributed by atoms with E-state index >= 15 is 0 Å². The molecule has 0 aromatic heterocycles. The Morgan fingerprint density at radius 3 is 2.76 bits per heavy atom. The number of carbonyl (C=O) groups is 1. The van der Waals surface area contributed by atoms with Crippen LogP contribution in [0.5, 0.6) is 5.75 Å². The van der Waals surface area contributed by atoms with Crippen molar-refractivity contribution < 1.29 is 14.6 Å². The fourth-order valence-corrected chi connectivity index (χ4v) is 4.44. The molecule has 1 heterocycles. The van der Waals surface area contributed by atoms with Gasteiger partial charge in [0.15, 0.2) is 0 Å². The molecule has 4 atom stereocenters. The average molecular weight is 346 g/mol. The molecule has 1 saturated heterocycles. The second-order valence-corrected chi connectivity index (χ2v) is 7.56. The average Bonchev–Trinajstić information content (AvgIpc) is 2.89. The number of likely N-dealkylation sites (tertiary alicyclic amines) is 1. The smallest absolute Gasteiger partial charge is 0.221 e. The van der Waals surface area contributed by atoms with Crippen LogP contribution in [-0.4, -0.2) is 47.3 Å². The van der Waals surface area contributed by atoms with Gasteiger partial charge in [0.1, 0.15) is 18.5 Å². The summed E-state index contributed by atoms with van der Waals surface area (Å²) in [6.07, 6.45) is 6.08. The topological polar surface area (TPSA) is 61.8 Å². The lowest BCUT2D eigenvalue weighted by atomic mass is 9.85. The summed E-state index contributed by atoms with van der Waals surface area (Å²) in [6, 6.07) is 8.44. The largest absolute Gasteiger partial charge is 0.491 e. The van der Waals surface area contributed by atoms with E-state index in [9.17, 15) is 9.90 Å². The highest BCUT2D eigenvalue weighted by Crippen LogP contribution is 2.39. The number of aliphatic hydroxyl groups excluding tert-OH is 1. The number of benzene rings is 1. The summed E-state index contributed by atoms with van der Waals surface area (Å²) >= 11 is 0. The maximum atomic E-state index is 11.0. The van der Waals surface area contributed by atoms with Crippen molar-refractivity contribution in [3.8, 4) is 5.75 Å². The lowest BCUT2D eigenvalue weighted by molar-refractivity contribution is -0.114. The summed E-state index contributed by atoms with van der Waals surface area (Å²) in [5.74, 6) is 1.43. The van der Waals surface area contributed by atoms with Gasteiger partial charge in [-0.05, 0) is 56.4 Å². The molecule has 1 aromatic carbocycles. The molecule has 0 radical (unpaired) electrons. The molecule has 2 aliphatic rings. The number of amides is 1. The molecule has 1 aromatic rings. The normalized spacial score (nSPS) is 27.6. The second kappa shape index (κ2) is 8.19. The Hall–Kier alpha value is -1.59. The van der Waals surface area contributed by atoms with E-state index in [0.29, 0.717) is 31.0 Å². The van der Waals surface area contributed by atoms with Crippen LogP contribution in [0.2, 0.25) is 0 Å². The number of hydrogen-bond donors (Lipinski definition) is 2. The molecule has 2 N–H and O–H groups in total. The van der Waals surface area contributed by atoms with Gasteiger partial charge in [0.05, 0.1) is 0 Å². The van der Waals surface area contributed by atoms with Gasteiger partial charge in [0, 0.05) is 31.2 Å². The summed E-state index contributed by atoms with van der Waals surface area (Å²) in [5.41, 5.74) is 0.745. The summed E-state index contributed by atoms with van der Waals surface area (Å²) in [5, 5.41) is 13.2. The van der Waals surface area contributed by atoms with E-state index < -0.39 is 6.10 Å². The van der Waals surface area contributed by atoms with Crippen LogP contribution in [0.4, 0.5) is 5.69 Å². The Bertz CT molecular complexity index is 575. The van der Waals surface area contributed by atoms with Crippen molar-refractivity contribution in [3.05, 3.63) is 24.3 Å². The maximum absolute atomic E-state index is 11.0. The van der Waals surface area contributed by atoms with Crippen molar-refractivity contribution in [2.24, 2.45) is 5.92 Å². The molecule has 1 saturated carbocycles. The molecule has 5 nitrogen and oxygen atoms in total. The van der Waals surface area contributed by atoms with Gasteiger partial charge in [-0.25, -0.2) is 0 Å². The summed E-state index contributed by atoms with van der Waals surface area (Å²) in [6.45, 7) is 4.75. The van der Waals surface area contributed by atoms with Crippen LogP contribution in [0, 0.1) is 5.92 Å². The van der Waals surface area contributed by atoms with E-state index in [0.717, 1.165) is 11.6 Å². The summed E-state index contributed by atoms with van der Waals surface area (Å²) in [4.78, 5) is 13.5. The van der Waals surface area contributed by atoms with Gasteiger partial charge in [-0.15, -0.1) is 0 Å². The van der Waals surface area contributed by atoms with Crippen LogP contribution >= 0.6 is 0 Å². The number of nitrogens with zero attached hydrogens (tertiary/aromatic N) is 1. The monoisotopic (exact) mass is 346 g/mol. The van der Waals surface area contributed by atoms with Crippen LogP contribution in [0.3, 0.4) is 0 Å². The van der Waals surface area contributed by atoms with Gasteiger partial charge in [0.25, 0.3) is 0 Å². The van der Waals surface area contributed by atoms with Gasteiger partial charge >= 0.3 is 0 Å². The van der Waals surface area contributed by atoms with Gasteiger partial charge in [0.2, 0.25) is 5.91 Å². The molecule has 0 spiro atoms. The minimum atomic E-state index is -0.488. The van der Waals surface area contributed by atoms with E-state index in [2.05, 4.69) is 17.1 Å². The SMILES string of the molecule is CC(=O)Nc1ccc(OCC(O)CN2C(C)CC3CCCCC32)cc1. The molecule has 1 amide bonds. The Labute approximate surface area is 150 Å². The van der Waals surface area contributed by atoms with Gasteiger partial charge in [-0.3, -0.25) is 9.69 Å². The standard InChI is InChI=1S/C20H30N2O3/c1-14-11-16-5-3-4-6-20(16)22(14)12-18(24)13-25-19-9-7-17(8-10-19)21-15(2)23/h7-10,14,16,18,20,24H,3-6,11-13H2,1-2H3,(H,21,23). The maximum Gasteiger partial charge on any atom is 0.221 e. The Balaban J connectivity index is 1.47. The Kier molecular flexibility index (Phi) is 5.97. The molecule has 25 heavy (non-hydrogen) atoms. The summed E-state index contributed by atoms with van der Waals surface area (Å²) < 4.78 is 5.72. The third-order valence-corrected chi connectivity index (χ3v) is 5.54. The molecule has 1 aliphatic heterocycles. The first-order valence-corrected chi connectivity index (χ1v) is 9.47. The minimum absolute atomic E-state index is 0.0927. The van der Waals surface area contributed by atoms with Crippen molar-refractivity contribution in [2.75, 3.05) is 18.5 Å².